The molecule has 21 heavy (non-hydrogen) atoms. The quantitative estimate of drug-likeness (QED) is 0.858. The van der Waals surface area contributed by atoms with Gasteiger partial charge in [0.15, 0.2) is 0 Å². The average molecular weight is 290 g/mol. The van der Waals surface area contributed by atoms with Crippen molar-refractivity contribution in [3.63, 3.8) is 0 Å². The molecule has 0 aromatic heterocycles. The summed E-state index contributed by atoms with van der Waals surface area (Å²) in [6.07, 6.45) is 0.585. The van der Waals surface area contributed by atoms with E-state index in [9.17, 15) is 9.18 Å². The van der Waals surface area contributed by atoms with E-state index in [0.717, 1.165) is 11.6 Å². The van der Waals surface area contributed by atoms with Crippen molar-refractivity contribution in [2.75, 3.05) is 6.61 Å². The lowest BCUT2D eigenvalue weighted by molar-refractivity contribution is 0.0692. The topological polar surface area (TPSA) is 66.8 Å². The first-order chi connectivity index (χ1) is 10.1. The summed E-state index contributed by atoms with van der Waals surface area (Å²) in [7, 11) is 0. The van der Waals surface area contributed by atoms with Crippen LogP contribution in [0.15, 0.2) is 42.5 Å². The number of benzene rings is 2. The van der Waals surface area contributed by atoms with Crippen LogP contribution in [-0.2, 0) is 13.0 Å². The fraction of sp³-hybridized carbons (Fsp3) is 0.188. The van der Waals surface area contributed by atoms with Gasteiger partial charge in [-0.3, -0.25) is 0 Å². The molecule has 0 atom stereocenters. The highest BCUT2D eigenvalue weighted by molar-refractivity contribution is 5.87. The van der Waals surface area contributed by atoms with Crippen LogP contribution in [0.5, 0.6) is 5.75 Å². The molecule has 0 heterocycles. The van der Waals surface area contributed by atoms with Crippen LogP contribution in [0.3, 0.4) is 0 Å². The lowest BCUT2D eigenvalue weighted by Crippen LogP contribution is -2.03. The number of aliphatic hydroxyl groups is 1. The molecule has 4 nitrogen and oxygen atoms in total. The van der Waals surface area contributed by atoms with E-state index in [-0.39, 0.29) is 18.8 Å². The van der Waals surface area contributed by atoms with Gasteiger partial charge in [-0.25, -0.2) is 9.18 Å². The Morgan fingerprint density at radius 2 is 1.76 bits per heavy atom. The van der Waals surface area contributed by atoms with Crippen molar-refractivity contribution in [3.05, 3.63) is 65.0 Å². The van der Waals surface area contributed by atoms with Gasteiger partial charge < -0.3 is 14.9 Å². The molecule has 2 rings (SSSR count). The van der Waals surface area contributed by atoms with Gasteiger partial charge in [0.25, 0.3) is 0 Å². The van der Waals surface area contributed by atoms with Crippen LogP contribution in [0.1, 0.15) is 21.5 Å². The minimum atomic E-state index is -1.29. The molecule has 2 aromatic carbocycles. The maximum Gasteiger partial charge on any atom is 0.338 e. The molecule has 0 aliphatic carbocycles. The maximum atomic E-state index is 13.5. The second kappa shape index (κ2) is 6.85. The smallest absolute Gasteiger partial charge is 0.338 e. The first kappa shape index (κ1) is 15.0. The average Bonchev–Trinajstić information content (AvgIpc) is 2.46. The molecule has 0 spiro atoms. The third-order valence-corrected chi connectivity index (χ3v) is 2.99. The summed E-state index contributed by atoms with van der Waals surface area (Å²) in [4.78, 5) is 10.7. The number of hydrogen-bond acceptors (Lipinski definition) is 3. The highest BCUT2D eigenvalue weighted by Gasteiger charge is 2.10. The zero-order valence-corrected chi connectivity index (χ0v) is 11.3. The zero-order valence-electron chi connectivity index (χ0n) is 11.3. The minimum Gasteiger partial charge on any atom is -0.489 e. The molecule has 110 valence electrons. The van der Waals surface area contributed by atoms with E-state index in [4.69, 9.17) is 14.9 Å². The summed E-state index contributed by atoms with van der Waals surface area (Å²) >= 11 is 0. The Bertz CT molecular complexity index is 623. The van der Waals surface area contributed by atoms with Crippen molar-refractivity contribution in [1.82, 2.24) is 0 Å². The van der Waals surface area contributed by atoms with Crippen molar-refractivity contribution >= 4 is 5.97 Å². The van der Waals surface area contributed by atoms with Gasteiger partial charge in [-0.1, -0.05) is 18.2 Å². The second-order valence-electron chi connectivity index (χ2n) is 4.53. The van der Waals surface area contributed by atoms with E-state index < -0.39 is 11.8 Å². The molecular formula is C16H15FO4. The third kappa shape index (κ3) is 4.03. The van der Waals surface area contributed by atoms with Gasteiger partial charge in [-0.2, -0.15) is 0 Å². The number of hydrogen-bond donors (Lipinski definition) is 2. The van der Waals surface area contributed by atoms with E-state index in [2.05, 4.69) is 0 Å². The van der Waals surface area contributed by atoms with Gasteiger partial charge in [0.1, 0.15) is 18.2 Å². The van der Waals surface area contributed by atoms with E-state index in [1.165, 1.54) is 12.1 Å². The Morgan fingerprint density at radius 3 is 2.33 bits per heavy atom. The van der Waals surface area contributed by atoms with Crippen LogP contribution in [0.4, 0.5) is 4.39 Å². The number of aliphatic hydroxyl groups excluding tert-OH is 1. The molecule has 0 saturated heterocycles. The van der Waals surface area contributed by atoms with E-state index in [1.807, 2.05) is 12.1 Å². The SMILES string of the molecule is O=C(O)c1ccc(COc2ccc(CCO)cc2)cc1F. The monoisotopic (exact) mass is 290 g/mol. The van der Waals surface area contributed by atoms with E-state index >= 15 is 0 Å². The molecule has 0 radical (unpaired) electrons. The van der Waals surface area contributed by atoms with E-state index in [0.29, 0.717) is 17.7 Å². The number of ether oxygens (including phenoxy) is 1. The van der Waals surface area contributed by atoms with Gasteiger partial charge >= 0.3 is 5.97 Å². The first-order valence-electron chi connectivity index (χ1n) is 6.44. The molecule has 0 bridgehead atoms. The summed E-state index contributed by atoms with van der Waals surface area (Å²) in [5.41, 5.74) is 1.20. The van der Waals surface area contributed by atoms with Crippen molar-refractivity contribution < 1.29 is 24.1 Å². The normalized spacial score (nSPS) is 10.4. The number of rotatable bonds is 6. The summed E-state index contributed by atoms with van der Waals surface area (Å²) in [5.74, 6) is -1.44. The Morgan fingerprint density at radius 1 is 1.10 bits per heavy atom. The van der Waals surface area contributed by atoms with Gasteiger partial charge in [0.2, 0.25) is 0 Å². The molecular weight excluding hydrogens is 275 g/mol. The molecule has 5 heteroatoms. The lowest BCUT2D eigenvalue weighted by atomic mass is 10.1. The van der Waals surface area contributed by atoms with Gasteiger partial charge in [0.05, 0.1) is 5.56 Å². The molecule has 0 fully saturated rings. The van der Waals surface area contributed by atoms with Crippen LogP contribution in [-0.4, -0.2) is 22.8 Å². The van der Waals surface area contributed by atoms with Crippen molar-refractivity contribution in [2.24, 2.45) is 0 Å². The fourth-order valence-corrected chi connectivity index (χ4v) is 1.87. The summed E-state index contributed by atoms with van der Waals surface area (Å²) < 4.78 is 19.0. The maximum absolute atomic E-state index is 13.5. The largest absolute Gasteiger partial charge is 0.489 e. The van der Waals surface area contributed by atoms with Gasteiger partial charge in [-0.05, 0) is 41.8 Å². The second-order valence-corrected chi connectivity index (χ2v) is 4.53. The fourth-order valence-electron chi connectivity index (χ4n) is 1.87. The molecule has 2 N–H and O–H groups in total. The predicted molar refractivity (Wildman–Crippen MR) is 74.9 cm³/mol. The van der Waals surface area contributed by atoms with Crippen molar-refractivity contribution in [2.45, 2.75) is 13.0 Å². The van der Waals surface area contributed by atoms with Crippen LogP contribution < -0.4 is 4.74 Å². The summed E-state index contributed by atoms with van der Waals surface area (Å²) in [5, 5.41) is 17.6. The molecule has 0 unspecified atom stereocenters. The Labute approximate surface area is 121 Å². The highest BCUT2D eigenvalue weighted by Crippen LogP contribution is 2.16. The molecule has 0 aliphatic heterocycles. The highest BCUT2D eigenvalue weighted by atomic mass is 19.1. The lowest BCUT2D eigenvalue weighted by Gasteiger charge is -2.08. The summed E-state index contributed by atoms with van der Waals surface area (Å²) in [6.45, 7) is 0.242. The zero-order chi connectivity index (χ0) is 15.2. The van der Waals surface area contributed by atoms with Crippen molar-refractivity contribution in [1.29, 1.82) is 0 Å². The Kier molecular flexibility index (Phi) is 4.90. The Hall–Kier alpha value is -2.40. The Balaban J connectivity index is 1.99. The number of halogens is 1. The summed E-state index contributed by atoms with van der Waals surface area (Å²) in [6, 6.07) is 11.1. The van der Waals surface area contributed by atoms with Gasteiger partial charge in [-0.15, -0.1) is 0 Å². The molecule has 0 saturated carbocycles. The van der Waals surface area contributed by atoms with Crippen LogP contribution in [0.2, 0.25) is 0 Å². The van der Waals surface area contributed by atoms with Crippen LogP contribution >= 0.6 is 0 Å². The predicted octanol–water partition coefficient (Wildman–Crippen LogP) is 2.64. The first-order valence-corrected chi connectivity index (χ1v) is 6.44. The third-order valence-electron chi connectivity index (χ3n) is 2.99. The number of carboxylic acids is 1. The number of carbonyl (C=O) groups is 1. The number of carboxylic acid groups (broad SMARTS) is 1. The standard InChI is InChI=1S/C16H15FO4/c17-15-9-12(3-6-14(15)16(19)20)10-21-13-4-1-11(2-5-13)7-8-18/h1-6,9,18H,7-8,10H2,(H,19,20). The molecule has 0 amide bonds. The molecule has 2 aromatic rings. The molecule has 0 aliphatic rings. The van der Waals surface area contributed by atoms with E-state index in [1.54, 1.807) is 12.1 Å². The minimum absolute atomic E-state index is 0.0927. The van der Waals surface area contributed by atoms with Crippen molar-refractivity contribution in [3.8, 4) is 5.75 Å². The number of aromatic carboxylic acids is 1. The van der Waals surface area contributed by atoms with Crippen LogP contribution in [0, 0.1) is 5.82 Å². The van der Waals surface area contributed by atoms with Crippen LogP contribution in [0.25, 0.3) is 0 Å². The van der Waals surface area contributed by atoms with Gasteiger partial charge in [0, 0.05) is 6.61 Å².